The van der Waals surface area contributed by atoms with Gasteiger partial charge in [-0.05, 0) is 29.1 Å². The predicted molar refractivity (Wildman–Crippen MR) is 77.8 cm³/mol. The molecule has 5 heteroatoms. The Hall–Kier alpha value is -2.01. The Morgan fingerprint density at radius 1 is 1.30 bits per heavy atom. The van der Waals surface area contributed by atoms with Gasteiger partial charge in [-0.2, -0.15) is 0 Å². The molecule has 2 heterocycles. The number of hydrogen-bond acceptors (Lipinski definition) is 4. The van der Waals surface area contributed by atoms with E-state index in [-0.39, 0.29) is 11.8 Å². The highest BCUT2D eigenvalue weighted by Crippen LogP contribution is 2.36. The lowest BCUT2D eigenvalue weighted by Crippen LogP contribution is -2.13. The minimum atomic E-state index is 0.103. The Kier molecular flexibility index (Phi) is 3.60. The quantitative estimate of drug-likeness (QED) is 0.940. The van der Waals surface area contributed by atoms with Crippen molar-refractivity contribution < 1.29 is 14.3 Å². The average Bonchev–Trinajstić information content (AvgIpc) is 3.10. The van der Waals surface area contributed by atoms with Crippen LogP contribution in [-0.4, -0.2) is 19.6 Å². The second kappa shape index (κ2) is 5.54. The molecule has 1 N–H and O–H groups in total. The van der Waals surface area contributed by atoms with E-state index in [2.05, 4.69) is 5.32 Å². The van der Waals surface area contributed by atoms with Crippen LogP contribution in [0.1, 0.15) is 17.9 Å². The molecule has 104 valence electrons. The van der Waals surface area contributed by atoms with Gasteiger partial charge in [0.2, 0.25) is 5.91 Å². The summed E-state index contributed by atoms with van der Waals surface area (Å²) in [6.07, 6.45) is 0.532. The maximum Gasteiger partial charge on any atom is 0.220 e. The van der Waals surface area contributed by atoms with Crippen LogP contribution in [0.5, 0.6) is 17.2 Å². The van der Waals surface area contributed by atoms with Crippen molar-refractivity contribution in [3.63, 3.8) is 0 Å². The molecule has 3 rings (SSSR count). The van der Waals surface area contributed by atoms with Gasteiger partial charge in [-0.3, -0.25) is 4.79 Å². The van der Waals surface area contributed by atoms with Crippen LogP contribution < -0.4 is 14.8 Å². The number of carbonyl (C=O) groups excluding carboxylic acids is 1. The average molecular weight is 289 g/mol. The zero-order valence-corrected chi connectivity index (χ0v) is 11.9. The standard InChI is InChI=1S/C15H15NO3S/c1-18-13-3-2-10(11-7-15(17)16-8-11)6-14(13)19-12-4-5-20-9-12/h2-6,9,11H,7-8H2,1H3,(H,16,17). The molecule has 0 bridgehead atoms. The first-order valence-electron chi connectivity index (χ1n) is 6.41. The van der Waals surface area contributed by atoms with Gasteiger partial charge in [0.25, 0.3) is 0 Å². The zero-order chi connectivity index (χ0) is 13.9. The van der Waals surface area contributed by atoms with Crippen molar-refractivity contribution in [2.75, 3.05) is 13.7 Å². The highest BCUT2D eigenvalue weighted by molar-refractivity contribution is 7.08. The topological polar surface area (TPSA) is 47.6 Å². The van der Waals surface area contributed by atoms with E-state index in [1.807, 2.05) is 35.0 Å². The number of thiophene rings is 1. The first-order chi connectivity index (χ1) is 9.76. The SMILES string of the molecule is COc1ccc(C2CNC(=O)C2)cc1Oc1ccsc1. The summed E-state index contributed by atoms with van der Waals surface area (Å²) in [6, 6.07) is 7.75. The smallest absolute Gasteiger partial charge is 0.220 e. The van der Waals surface area contributed by atoms with E-state index >= 15 is 0 Å². The summed E-state index contributed by atoms with van der Waals surface area (Å²) in [5.74, 6) is 2.48. The van der Waals surface area contributed by atoms with Crippen molar-refractivity contribution in [3.05, 3.63) is 40.6 Å². The highest BCUT2D eigenvalue weighted by atomic mass is 32.1. The predicted octanol–water partition coefficient (Wildman–Crippen LogP) is 3.15. The van der Waals surface area contributed by atoms with Crippen LogP contribution in [0.4, 0.5) is 0 Å². The third kappa shape index (κ3) is 2.63. The second-order valence-corrected chi connectivity index (χ2v) is 5.46. The van der Waals surface area contributed by atoms with Crippen molar-refractivity contribution in [2.24, 2.45) is 0 Å². The molecule has 2 aromatic rings. The number of carbonyl (C=O) groups is 1. The Balaban J connectivity index is 1.88. The fourth-order valence-corrected chi connectivity index (χ4v) is 2.86. The Labute approximate surface area is 121 Å². The van der Waals surface area contributed by atoms with Crippen LogP contribution in [0.25, 0.3) is 0 Å². The number of amides is 1. The number of hydrogen-bond donors (Lipinski definition) is 1. The summed E-state index contributed by atoms with van der Waals surface area (Å²) in [6.45, 7) is 0.684. The molecule has 1 amide bonds. The molecule has 0 aliphatic carbocycles. The Bertz CT molecular complexity index is 610. The van der Waals surface area contributed by atoms with Gasteiger partial charge in [-0.1, -0.05) is 6.07 Å². The molecule has 1 aromatic heterocycles. The van der Waals surface area contributed by atoms with Crippen molar-refractivity contribution in [3.8, 4) is 17.2 Å². The summed E-state index contributed by atoms with van der Waals surface area (Å²) in [7, 11) is 1.62. The van der Waals surface area contributed by atoms with E-state index in [1.54, 1.807) is 18.4 Å². The molecule has 0 radical (unpaired) electrons. The molecular weight excluding hydrogens is 274 g/mol. The van der Waals surface area contributed by atoms with Gasteiger partial charge < -0.3 is 14.8 Å². The number of methoxy groups -OCH3 is 1. The normalized spacial score (nSPS) is 17.9. The van der Waals surface area contributed by atoms with Crippen LogP contribution in [0.2, 0.25) is 0 Å². The molecule has 1 saturated heterocycles. The summed E-state index contributed by atoms with van der Waals surface area (Å²) < 4.78 is 11.2. The first-order valence-corrected chi connectivity index (χ1v) is 7.35. The molecule has 1 fully saturated rings. The molecule has 20 heavy (non-hydrogen) atoms. The maximum atomic E-state index is 11.3. The largest absolute Gasteiger partial charge is 0.493 e. The van der Waals surface area contributed by atoms with E-state index < -0.39 is 0 Å². The van der Waals surface area contributed by atoms with Gasteiger partial charge >= 0.3 is 0 Å². The maximum absolute atomic E-state index is 11.3. The number of rotatable bonds is 4. The van der Waals surface area contributed by atoms with Crippen LogP contribution in [0.15, 0.2) is 35.0 Å². The van der Waals surface area contributed by atoms with Crippen molar-refractivity contribution >= 4 is 17.2 Å². The first kappa shape index (κ1) is 13.0. The van der Waals surface area contributed by atoms with E-state index in [0.29, 0.717) is 24.5 Å². The highest BCUT2D eigenvalue weighted by Gasteiger charge is 2.24. The van der Waals surface area contributed by atoms with Crippen molar-refractivity contribution in [2.45, 2.75) is 12.3 Å². The summed E-state index contributed by atoms with van der Waals surface area (Å²) >= 11 is 1.58. The van der Waals surface area contributed by atoms with Crippen molar-refractivity contribution in [1.29, 1.82) is 0 Å². The number of benzene rings is 1. The number of nitrogens with one attached hydrogen (secondary N) is 1. The fourth-order valence-electron chi connectivity index (χ4n) is 2.30. The summed E-state index contributed by atoms with van der Waals surface area (Å²) in [5.41, 5.74) is 1.09. The van der Waals surface area contributed by atoms with Gasteiger partial charge in [0, 0.05) is 24.3 Å². The molecule has 4 nitrogen and oxygen atoms in total. The lowest BCUT2D eigenvalue weighted by molar-refractivity contribution is -0.119. The summed E-state index contributed by atoms with van der Waals surface area (Å²) in [5, 5.41) is 6.75. The van der Waals surface area contributed by atoms with Crippen molar-refractivity contribution in [1.82, 2.24) is 5.32 Å². The van der Waals surface area contributed by atoms with E-state index in [4.69, 9.17) is 9.47 Å². The minimum Gasteiger partial charge on any atom is -0.493 e. The van der Waals surface area contributed by atoms with Crippen LogP contribution in [0.3, 0.4) is 0 Å². The molecular formula is C15H15NO3S. The molecule has 1 atom stereocenters. The van der Waals surface area contributed by atoms with Crippen LogP contribution >= 0.6 is 11.3 Å². The lowest BCUT2D eigenvalue weighted by Gasteiger charge is -2.13. The van der Waals surface area contributed by atoms with Gasteiger partial charge in [0.15, 0.2) is 11.5 Å². The fraction of sp³-hybridized carbons (Fsp3) is 0.267. The lowest BCUT2D eigenvalue weighted by atomic mass is 9.98. The summed E-state index contributed by atoms with van der Waals surface area (Å²) in [4.78, 5) is 11.3. The van der Waals surface area contributed by atoms with E-state index in [1.165, 1.54) is 0 Å². The third-order valence-electron chi connectivity index (χ3n) is 3.36. The zero-order valence-electron chi connectivity index (χ0n) is 11.1. The monoisotopic (exact) mass is 289 g/mol. The molecule has 0 spiro atoms. The molecule has 1 aliphatic rings. The minimum absolute atomic E-state index is 0.103. The van der Waals surface area contributed by atoms with Gasteiger partial charge in [-0.15, -0.1) is 11.3 Å². The second-order valence-electron chi connectivity index (χ2n) is 4.68. The number of ether oxygens (including phenoxy) is 2. The van der Waals surface area contributed by atoms with Gasteiger partial charge in [-0.25, -0.2) is 0 Å². The molecule has 1 aromatic carbocycles. The Morgan fingerprint density at radius 3 is 2.85 bits per heavy atom. The van der Waals surface area contributed by atoms with Crippen LogP contribution in [-0.2, 0) is 4.79 Å². The van der Waals surface area contributed by atoms with Gasteiger partial charge in [0.05, 0.1) is 7.11 Å². The van der Waals surface area contributed by atoms with Crippen LogP contribution in [0, 0.1) is 0 Å². The van der Waals surface area contributed by atoms with E-state index in [0.717, 1.165) is 11.3 Å². The van der Waals surface area contributed by atoms with Gasteiger partial charge in [0.1, 0.15) is 5.75 Å². The molecule has 1 unspecified atom stereocenters. The third-order valence-corrected chi connectivity index (χ3v) is 4.02. The Morgan fingerprint density at radius 2 is 2.20 bits per heavy atom. The van der Waals surface area contributed by atoms with E-state index in [9.17, 15) is 4.79 Å². The molecule has 0 saturated carbocycles. The molecule has 1 aliphatic heterocycles.